The monoisotopic (exact) mass is 1790 g/mol. The number of aromatic nitrogens is 8. The molecule has 14 aromatic rings. The van der Waals surface area contributed by atoms with Crippen LogP contribution in [-0.2, 0) is 52.4 Å². The molecule has 0 saturated heterocycles. The zero-order valence-electron chi connectivity index (χ0n) is 64.8. The predicted octanol–water partition coefficient (Wildman–Crippen LogP) is 16.2. The second kappa shape index (κ2) is 41.7. The van der Waals surface area contributed by atoms with Gasteiger partial charge in [0.25, 0.3) is 23.6 Å². The first-order valence-electron chi connectivity index (χ1n) is 37.1. The highest BCUT2D eigenvalue weighted by molar-refractivity contribution is 7.92. The Morgan fingerprint density at radius 1 is 0.385 bits per heavy atom. The maximum atomic E-state index is 12.8. The van der Waals surface area contributed by atoms with E-state index in [9.17, 15) is 58.0 Å². The number of amides is 4. The van der Waals surface area contributed by atoms with Crippen LogP contribution in [0.5, 0.6) is 0 Å². The lowest BCUT2D eigenvalue weighted by Gasteiger charge is -2.12. The summed E-state index contributed by atoms with van der Waals surface area (Å²) in [5.74, 6) is -2.36. The van der Waals surface area contributed by atoms with Crippen LogP contribution in [0.25, 0.3) is 45.0 Å². The van der Waals surface area contributed by atoms with Crippen molar-refractivity contribution < 1.29 is 63.1 Å². The van der Waals surface area contributed by atoms with Crippen LogP contribution < -0.4 is 21.3 Å². The van der Waals surface area contributed by atoms with Crippen molar-refractivity contribution in [2.45, 2.75) is 52.6 Å². The molecule has 0 saturated carbocycles. The molecule has 1 unspecified atom stereocenters. The van der Waals surface area contributed by atoms with Crippen LogP contribution in [0.4, 0.5) is 22.7 Å². The number of aryl methyl sites for hydroxylation is 3. The standard InChI is InChI=1S/2C23H19ClN4O3S.C22H21ClN2O4S.C20H17ClN2O4S/c24-21-10-7-18(16-20(21)22-4-1-2-11-25-22)27-23(29)17-5-8-19(9-6-17)32(30,31)15-14-28-13-3-12-26-28;24-21-9-6-18(15-20(21)22-3-1-2-10-26-22)27-23(29)17-4-7-19(8-5-17)32(30,31)14-13-28-12-11-25-16-28;1-14-11-17(30(28,29)13-15(2)26)7-8-18(14)22(27)25-16-6-9-20(23)19(12-16)21-5-3-4-10-24-21;21-18-9-6-15(13-17(18)19-3-1-2-10-22-19)23-20(25)14-4-7-16(8-5-14)28(26,27)12-11-24/h1-13,16H,14-15H2,(H,27,29);1-12,15-16H,13-14H2,(H,27,29);3-12,15,26H,13H2,1-2H3,(H,25,27);1-10,13,24H,11-12H2,(H,23,25). The molecule has 122 heavy (non-hydrogen) atoms. The van der Waals surface area contributed by atoms with Gasteiger partial charge in [-0.3, -0.25) is 43.8 Å². The van der Waals surface area contributed by atoms with Gasteiger partial charge in [-0.25, -0.2) is 38.7 Å². The van der Waals surface area contributed by atoms with Crippen molar-refractivity contribution >= 4 is 132 Å². The van der Waals surface area contributed by atoms with E-state index in [4.69, 9.17) is 51.5 Å². The molecule has 0 bridgehead atoms. The summed E-state index contributed by atoms with van der Waals surface area (Å²) >= 11 is 25.1. The molecule has 0 aliphatic rings. The molecule has 0 fully saturated rings. The van der Waals surface area contributed by atoms with Crippen LogP contribution in [0.2, 0.25) is 20.1 Å². The van der Waals surface area contributed by atoms with Gasteiger partial charge >= 0.3 is 0 Å². The van der Waals surface area contributed by atoms with Crippen LogP contribution in [0.1, 0.15) is 53.9 Å². The average Bonchev–Trinajstić information content (AvgIpc) is 1.17. The van der Waals surface area contributed by atoms with Crippen molar-refractivity contribution in [3.8, 4) is 45.0 Å². The number of carbonyl (C=O) groups is 4. The summed E-state index contributed by atoms with van der Waals surface area (Å²) < 4.78 is 102. The third-order valence-corrected chi connectivity index (χ3v) is 26.4. The number of aliphatic hydroxyl groups excluding tert-OH is 2. The molecular weight excluding hydrogens is 1720 g/mol. The minimum atomic E-state index is -3.63. The summed E-state index contributed by atoms with van der Waals surface area (Å²) in [6, 6.07) is 65.7. The molecule has 0 radical (unpaired) electrons. The Bertz CT molecular complexity index is 6280. The second-order valence-corrected chi connectivity index (χ2v) is 36.9. The van der Waals surface area contributed by atoms with E-state index < -0.39 is 52.1 Å². The highest BCUT2D eigenvalue weighted by Gasteiger charge is 2.24. The molecule has 624 valence electrons. The fourth-order valence-corrected chi connectivity index (χ4v) is 17.6. The Balaban J connectivity index is 0.000000159. The van der Waals surface area contributed by atoms with Gasteiger partial charge in [0, 0.05) is 123 Å². The number of nitrogens with one attached hydrogen (secondary N) is 4. The summed E-state index contributed by atoms with van der Waals surface area (Å²) in [6.07, 6.45) is 13.9. The van der Waals surface area contributed by atoms with Gasteiger partial charge in [0.15, 0.2) is 39.3 Å². The molecule has 0 aliphatic carbocycles. The fraction of sp³-hybridized carbons (Fsp3) is 0.114. The quantitative estimate of drug-likeness (QED) is 0.0293. The van der Waals surface area contributed by atoms with Crippen molar-refractivity contribution in [2.24, 2.45) is 0 Å². The number of pyridine rings is 4. The number of hydrogen-bond acceptors (Lipinski definition) is 20. The first-order chi connectivity index (χ1) is 58.4. The van der Waals surface area contributed by atoms with E-state index in [0.29, 0.717) is 122 Å². The minimum absolute atomic E-state index is 0.0574. The normalized spacial score (nSPS) is 11.5. The SMILES string of the molecule is Cc1cc(S(=O)(=O)CC(C)O)ccc1C(=O)Nc1ccc(Cl)c(-c2ccccn2)c1.O=C(Nc1ccc(Cl)c(-c2ccccn2)c1)c1ccc(S(=O)(=O)CCO)cc1.O=C(Nc1ccc(Cl)c(-c2ccccn2)c1)c1ccc(S(=O)(=O)CCn2cccn2)cc1.O=C(Nc1ccc(Cl)c(-c2ccccn2)c1)c1ccc(S(=O)(=O)CCn2ccnc2)cc1. The molecule has 8 aromatic carbocycles. The van der Waals surface area contributed by atoms with Crippen molar-refractivity contribution in [1.29, 1.82) is 0 Å². The van der Waals surface area contributed by atoms with Crippen molar-refractivity contribution in [2.75, 3.05) is 50.9 Å². The summed E-state index contributed by atoms with van der Waals surface area (Å²) in [5.41, 5.74) is 9.54. The molecule has 34 heteroatoms. The van der Waals surface area contributed by atoms with Crippen LogP contribution in [0.15, 0.2) is 318 Å². The Hall–Kier alpha value is -12.5. The molecular formula is C88H76Cl4N12O14S4. The molecule has 14 rings (SSSR count). The van der Waals surface area contributed by atoms with Crippen molar-refractivity contribution in [3.63, 3.8) is 0 Å². The molecule has 6 heterocycles. The van der Waals surface area contributed by atoms with Gasteiger partial charge < -0.3 is 36.0 Å². The number of sulfone groups is 4. The predicted molar refractivity (Wildman–Crippen MR) is 472 cm³/mol. The lowest BCUT2D eigenvalue weighted by molar-refractivity contribution is 0.101. The molecule has 6 aromatic heterocycles. The van der Waals surface area contributed by atoms with Gasteiger partial charge in [-0.1, -0.05) is 70.7 Å². The topological polar surface area (TPSA) is 381 Å². The van der Waals surface area contributed by atoms with Crippen LogP contribution in [0.3, 0.4) is 0 Å². The Labute approximate surface area is 724 Å². The zero-order valence-corrected chi connectivity index (χ0v) is 71.1. The number of nitrogens with zero attached hydrogens (tertiary/aromatic N) is 8. The number of imidazole rings is 1. The van der Waals surface area contributed by atoms with Gasteiger partial charge in [-0.15, -0.1) is 0 Å². The zero-order chi connectivity index (χ0) is 87.1. The van der Waals surface area contributed by atoms with E-state index >= 15 is 0 Å². The van der Waals surface area contributed by atoms with Gasteiger partial charge in [0.1, 0.15) is 0 Å². The van der Waals surface area contributed by atoms with Crippen LogP contribution in [0, 0.1) is 6.92 Å². The highest BCUT2D eigenvalue weighted by Crippen LogP contribution is 2.35. The van der Waals surface area contributed by atoms with Crippen molar-refractivity contribution in [1.82, 2.24) is 39.3 Å². The van der Waals surface area contributed by atoms with Crippen LogP contribution >= 0.6 is 46.4 Å². The summed E-state index contributed by atoms with van der Waals surface area (Å²) in [6.45, 7) is 3.18. The summed E-state index contributed by atoms with van der Waals surface area (Å²) in [7, 11) is -14.2. The lowest BCUT2D eigenvalue weighted by Crippen LogP contribution is -2.19. The van der Waals surface area contributed by atoms with Crippen molar-refractivity contribution in [3.05, 3.63) is 346 Å². The van der Waals surface area contributed by atoms with Gasteiger partial charge in [0.2, 0.25) is 0 Å². The Kier molecular flexibility index (Phi) is 30.9. The smallest absolute Gasteiger partial charge is 0.255 e. The molecule has 4 amide bonds. The maximum Gasteiger partial charge on any atom is 0.255 e. The van der Waals surface area contributed by atoms with E-state index in [1.54, 1.807) is 163 Å². The number of anilines is 4. The Morgan fingerprint density at radius 3 is 1.05 bits per heavy atom. The maximum absolute atomic E-state index is 12.8. The molecule has 6 N–H and O–H groups in total. The van der Waals surface area contributed by atoms with Gasteiger partial charge in [-0.05, 0) is 238 Å². The van der Waals surface area contributed by atoms with Gasteiger partial charge in [0.05, 0.1) is 111 Å². The fourth-order valence-electron chi connectivity index (χ4n) is 11.8. The first-order valence-corrected chi connectivity index (χ1v) is 45.2. The third-order valence-electron chi connectivity index (χ3n) is 18.0. The second-order valence-electron chi connectivity index (χ2n) is 26.9. The van der Waals surface area contributed by atoms with E-state index in [2.05, 4.69) is 51.3 Å². The first kappa shape index (κ1) is 90.3. The number of carbonyl (C=O) groups excluding carboxylic acids is 4. The Morgan fingerprint density at radius 2 is 0.738 bits per heavy atom. The number of aliphatic hydroxyl groups is 2. The van der Waals surface area contributed by atoms with E-state index in [0.717, 1.165) is 0 Å². The average molecular weight is 1800 g/mol. The van der Waals surface area contributed by atoms with Gasteiger partial charge in [-0.2, -0.15) is 5.10 Å². The van der Waals surface area contributed by atoms with E-state index in [1.807, 2.05) is 60.7 Å². The number of rotatable bonds is 26. The lowest BCUT2D eigenvalue weighted by atomic mass is 10.1. The van der Waals surface area contributed by atoms with E-state index in [1.165, 1.54) is 97.9 Å². The molecule has 0 spiro atoms. The number of benzene rings is 8. The molecule has 26 nitrogen and oxygen atoms in total. The largest absolute Gasteiger partial charge is 0.395 e. The summed E-state index contributed by atoms with van der Waals surface area (Å²) in [4.78, 5) is 72.1. The van der Waals surface area contributed by atoms with Crippen LogP contribution in [-0.4, -0.2) is 143 Å². The number of hydrogen-bond donors (Lipinski definition) is 6. The number of halogens is 4. The third kappa shape index (κ3) is 24.9. The molecule has 0 aliphatic heterocycles. The van der Waals surface area contributed by atoms with E-state index in [-0.39, 0.29) is 72.8 Å². The minimum Gasteiger partial charge on any atom is -0.395 e. The molecule has 1 atom stereocenters. The highest BCUT2D eigenvalue weighted by atomic mass is 35.5. The summed E-state index contributed by atoms with van der Waals surface area (Å²) in [5, 5.41) is 35.5.